The highest BCUT2D eigenvalue weighted by molar-refractivity contribution is 5.91. The van der Waals surface area contributed by atoms with E-state index in [2.05, 4.69) is 27.0 Å². The highest BCUT2D eigenvalue weighted by atomic mass is 16.5. The van der Waals surface area contributed by atoms with Gasteiger partial charge in [-0.25, -0.2) is 0 Å². The smallest absolute Gasteiger partial charge is 0.265 e. The number of carbonyl (C=O) groups excluding carboxylic acids is 1. The Bertz CT molecular complexity index is 990. The molecule has 3 aromatic rings. The Labute approximate surface area is 150 Å². The Balaban J connectivity index is 1.88. The summed E-state index contributed by atoms with van der Waals surface area (Å²) in [5, 5.41) is 1.02. The molecule has 0 aliphatic heterocycles. The van der Waals surface area contributed by atoms with E-state index < -0.39 is 5.91 Å². The Hall–Kier alpha value is -2.90. The molecular weight excluding hydrogens is 332 g/mol. The molecule has 0 bridgehead atoms. The van der Waals surface area contributed by atoms with Gasteiger partial charge in [-0.3, -0.25) is 14.5 Å². The van der Waals surface area contributed by atoms with Crippen LogP contribution in [-0.2, 0) is 11.3 Å². The van der Waals surface area contributed by atoms with Gasteiger partial charge in [-0.2, -0.15) is 0 Å². The second-order valence-electron chi connectivity index (χ2n) is 6.31. The van der Waals surface area contributed by atoms with E-state index in [4.69, 9.17) is 10.5 Å². The van der Waals surface area contributed by atoms with Gasteiger partial charge in [0, 0.05) is 31.1 Å². The van der Waals surface area contributed by atoms with E-state index >= 15 is 0 Å². The molecule has 4 N–H and O–H groups in total. The summed E-state index contributed by atoms with van der Waals surface area (Å²) in [5.74, 6) is -0.660. The molecule has 0 atom stereocenters. The first-order valence-corrected chi connectivity index (χ1v) is 8.30. The van der Waals surface area contributed by atoms with Crippen molar-refractivity contribution in [3.63, 3.8) is 0 Å². The minimum absolute atomic E-state index is 0.0937. The number of likely N-dealkylation sites (N-methyl/N-ethyl adjacent to an activating group) is 1. The molecule has 0 radical (unpaired) electrons. The number of ether oxygens (including phenoxy) is 1. The van der Waals surface area contributed by atoms with Crippen molar-refractivity contribution in [2.75, 3.05) is 27.3 Å². The van der Waals surface area contributed by atoms with Crippen LogP contribution in [0.3, 0.4) is 0 Å². The van der Waals surface area contributed by atoms with Crippen molar-refractivity contribution in [3.8, 4) is 11.3 Å². The molecule has 2 aromatic heterocycles. The molecule has 0 aliphatic carbocycles. The minimum atomic E-state index is -0.660. The normalized spacial score (nSPS) is 11.3. The highest BCUT2D eigenvalue weighted by Gasteiger charge is 2.10. The molecule has 2 heterocycles. The Morgan fingerprint density at radius 1 is 1.19 bits per heavy atom. The predicted molar refractivity (Wildman–Crippen MR) is 101 cm³/mol. The average Bonchev–Trinajstić information content (AvgIpc) is 3.02. The van der Waals surface area contributed by atoms with Crippen molar-refractivity contribution in [3.05, 3.63) is 58.0 Å². The largest absolute Gasteiger partial charge is 0.383 e. The maximum Gasteiger partial charge on any atom is 0.265 e. The van der Waals surface area contributed by atoms with Crippen LogP contribution in [0, 0.1) is 0 Å². The van der Waals surface area contributed by atoms with Gasteiger partial charge in [-0.15, -0.1) is 0 Å². The summed E-state index contributed by atoms with van der Waals surface area (Å²) in [5.41, 5.74) is 8.22. The van der Waals surface area contributed by atoms with Gasteiger partial charge in [0.05, 0.1) is 17.9 Å². The second kappa shape index (κ2) is 7.55. The lowest BCUT2D eigenvalue weighted by atomic mass is 10.1. The zero-order chi connectivity index (χ0) is 18.7. The molecule has 0 saturated carbocycles. The van der Waals surface area contributed by atoms with Crippen molar-refractivity contribution in [2.45, 2.75) is 6.54 Å². The lowest BCUT2D eigenvalue weighted by molar-refractivity contribution is 0.0995. The highest BCUT2D eigenvalue weighted by Crippen LogP contribution is 2.23. The van der Waals surface area contributed by atoms with Gasteiger partial charge in [0.2, 0.25) is 0 Å². The molecule has 0 saturated heterocycles. The maximum absolute atomic E-state index is 12.2. The molecule has 7 nitrogen and oxygen atoms in total. The number of nitrogens with one attached hydrogen (secondary N) is 2. The van der Waals surface area contributed by atoms with Gasteiger partial charge in [-0.05, 0) is 42.9 Å². The average molecular weight is 354 g/mol. The molecule has 0 aliphatic rings. The Kier molecular flexibility index (Phi) is 5.20. The van der Waals surface area contributed by atoms with E-state index in [1.54, 1.807) is 13.2 Å². The molecule has 1 aromatic carbocycles. The van der Waals surface area contributed by atoms with E-state index in [0.717, 1.165) is 24.0 Å². The lowest BCUT2D eigenvalue weighted by Gasteiger charge is -2.15. The number of H-pyrrole nitrogens is 2. The number of hydrogen-bond donors (Lipinski definition) is 3. The van der Waals surface area contributed by atoms with Crippen LogP contribution in [0.15, 0.2) is 41.2 Å². The summed E-state index contributed by atoms with van der Waals surface area (Å²) in [6.07, 6.45) is 0. The van der Waals surface area contributed by atoms with E-state index in [1.807, 2.05) is 19.2 Å². The van der Waals surface area contributed by atoms with Crippen LogP contribution >= 0.6 is 0 Å². The molecule has 0 unspecified atom stereocenters. The van der Waals surface area contributed by atoms with Crippen molar-refractivity contribution in [1.82, 2.24) is 14.9 Å². The standard InChI is InChI=1S/C19H22N4O3/c1-23(7-8-26-2)11-12-3-5-15-13(9-12)10-17(21-15)14-4-6-16(18(20)24)22-19(14)25/h3-6,9-10,21H,7-8,11H2,1-2H3,(H2,20,24)(H,22,25). The number of hydrogen-bond acceptors (Lipinski definition) is 4. The first-order valence-electron chi connectivity index (χ1n) is 8.30. The third kappa shape index (κ3) is 3.84. The fraction of sp³-hybridized carbons (Fsp3) is 0.263. The number of aromatic amines is 2. The third-order valence-corrected chi connectivity index (χ3v) is 4.28. The van der Waals surface area contributed by atoms with Crippen molar-refractivity contribution < 1.29 is 9.53 Å². The molecule has 1 amide bonds. The lowest BCUT2D eigenvalue weighted by Crippen LogP contribution is -2.22. The Morgan fingerprint density at radius 2 is 2.00 bits per heavy atom. The van der Waals surface area contributed by atoms with E-state index in [0.29, 0.717) is 17.9 Å². The SMILES string of the molecule is COCCN(C)Cc1ccc2[nH]c(-c3ccc(C(N)=O)[nH]c3=O)cc2c1. The van der Waals surface area contributed by atoms with Crippen LogP contribution in [0.5, 0.6) is 0 Å². The van der Waals surface area contributed by atoms with Gasteiger partial charge < -0.3 is 20.4 Å². The third-order valence-electron chi connectivity index (χ3n) is 4.28. The summed E-state index contributed by atoms with van der Waals surface area (Å²) in [7, 11) is 3.74. The van der Waals surface area contributed by atoms with E-state index in [-0.39, 0.29) is 11.3 Å². The zero-order valence-electron chi connectivity index (χ0n) is 14.8. The van der Waals surface area contributed by atoms with Crippen LogP contribution in [0.4, 0.5) is 0 Å². The number of amides is 1. The predicted octanol–water partition coefficient (Wildman–Crippen LogP) is 1.70. The van der Waals surface area contributed by atoms with Crippen LogP contribution in [0.1, 0.15) is 16.1 Å². The number of nitrogens with zero attached hydrogens (tertiary/aromatic N) is 1. The maximum atomic E-state index is 12.2. The van der Waals surface area contributed by atoms with Crippen molar-refractivity contribution in [1.29, 1.82) is 0 Å². The second-order valence-corrected chi connectivity index (χ2v) is 6.31. The van der Waals surface area contributed by atoms with Crippen LogP contribution in [0.25, 0.3) is 22.2 Å². The number of nitrogens with two attached hydrogens (primary N) is 1. The van der Waals surface area contributed by atoms with Crippen LogP contribution in [-0.4, -0.2) is 48.1 Å². The fourth-order valence-electron chi connectivity index (χ4n) is 2.89. The van der Waals surface area contributed by atoms with Crippen molar-refractivity contribution >= 4 is 16.8 Å². The quantitative estimate of drug-likeness (QED) is 0.601. The van der Waals surface area contributed by atoms with Crippen LogP contribution in [0.2, 0.25) is 0 Å². The van der Waals surface area contributed by atoms with Gasteiger partial charge in [0.15, 0.2) is 0 Å². The molecule has 0 spiro atoms. The fourth-order valence-corrected chi connectivity index (χ4v) is 2.89. The summed E-state index contributed by atoms with van der Waals surface area (Å²) in [6.45, 7) is 2.36. The number of carbonyl (C=O) groups is 1. The van der Waals surface area contributed by atoms with Gasteiger partial charge in [0.25, 0.3) is 11.5 Å². The van der Waals surface area contributed by atoms with Gasteiger partial charge in [-0.1, -0.05) is 6.07 Å². The summed E-state index contributed by atoms with van der Waals surface area (Å²) >= 11 is 0. The molecular formula is C19H22N4O3. The number of primary amides is 1. The first-order chi connectivity index (χ1) is 12.5. The number of methoxy groups -OCH3 is 1. The molecule has 7 heteroatoms. The summed E-state index contributed by atoms with van der Waals surface area (Å²) < 4.78 is 5.10. The van der Waals surface area contributed by atoms with E-state index in [1.165, 1.54) is 11.6 Å². The number of rotatable bonds is 7. The van der Waals surface area contributed by atoms with Gasteiger partial charge >= 0.3 is 0 Å². The molecule has 0 fully saturated rings. The number of benzene rings is 1. The summed E-state index contributed by atoms with van der Waals surface area (Å²) in [6, 6.07) is 11.2. The number of pyridine rings is 1. The molecule has 26 heavy (non-hydrogen) atoms. The number of fused-ring (bicyclic) bond motifs is 1. The van der Waals surface area contributed by atoms with Gasteiger partial charge in [0.1, 0.15) is 5.69 Å². The Morgan fingerprint density at radius 3 is 2.69 bits per heavy atom. The van der Waals surface area contributed by atoms with Crippen LogP contribution < -0.4 is 11.3 Å². The monoisotopic (exact) mass is 354 g/mol. The minimum Gasteiger partial charge on any atom is -0.383 e. The summed E-state index contributed by atoms with van der Waals surface area (Å²) in [4.78, 5) is 31.3. The first kappa shape index (κ1) is 17.9. The number of aromatic nitrogens is 2. The molecule has 3 rings (SSSR count). The zero-order valence-corrected chi connectivity index (χ0v) is 14.8. The molecule has 136 valence electrons. The van der Waals surface area contributed by atoms with Crippen molar-refractivity contribution in [2.24, 2.45) is 5.73 Å². The topological polar surface area (TPSA) is 104 Å². The van der Waals surface area contributed by atoms with E-state index in [9.17, 15) is 9.59 Å².